The Labute approximate surface area is 124 Å². The number of nitrogens with zero attached hydrogens (tertiary/aromatic N) is 1. The molecule has 0 aromatic heterocycles. The molecule has 1 aliphatic heterocycles. The molecule has 1 aromatic carbocycles. The highest BCUT2D eigenvalue weighted by Crippen LogP contribution is 2.24. The summed E-state index contributed by atoms with van der Waals surface area (Å²) in [5.41, 5.74) is 0.601. The number of ether oxygens (including phenoxy) is 1. The van der Waals surface area contributed by atoms with Gasteiger partial charge < -0.3 is 4.74 Å². The maximum atomic E-state index is 12.3. The minimum absolute atomic E-state index is 0.111. The van der Waals surface area contributed by atoms with Crippen molar-refractivity contribution in [2.24, 2.45) is 0 Å². The van der Waals surface area contributed by atoms with E-state index in [0.717, 1.165) is 0 Å². The Morgan fingerprint density at radius 2 is 2.10 bits per heavy atom. The minimum atomic E-state index is -3.94. The lowest BCUT2D eigenvalue weighted by Crippen LogP contribution is -2.38. The highest BCUT2D eigenvalue weighted by Gasteiger charge is 2.36. The van der Waals surface area contributed by atoms with E-state index in [-0.39, 0.29) is 11.5 Å². The van der Waals surface area contributed by atoms with Gasteiger partial charge in [-0.15, -0.1) is 0 Å². The Balaban J connectivity index is 2.16. The predicted molar refractivity (Wildman–Crippen MR) is 75.8 cm³/mol. The molecule has 1 atom stereocenters. The number of hydrogen-bond acceptors (Lipinski definition) is 6. The molecule has 0 amide bonds. The number of esters is 1. The molecule has 1 heterocycles. The van der Waals surface area contributed by atoms with Crippen LogP contribution in [0.15, 0.2) is 29.2 Å². The monoisotopic (exact) mass is 313 g/mol. The van der Waals surface area contributed by atoms with Gasteiger partial charge in [0.05, 0.1) is 11.5 Å². The molecular formula is C14H19NO5S. The number of benzene rings is 1. The molecular weight excluding hydrogens is 294 g/mol. The van der Waals surface area contributed by atoms with Crippen LogP contribution in [-0.2, 0) is 23.9 Å². The highest BCUT2D eigenvalue weighted by molar-refractivity contribution is 7.86. The Morgan fingerprint density at radius 1 is 1.38 bits per heavy atom. The summed E-state index contributed by atoms with van der Waals surface area (Å²) in [6.45, 7) is 4.05. The number of rotatable bonds is 5. The molecule has 1 aliphatic rings. The maximum absolute atomic E-state index is 12.3. The van der Waals surface area contributed by atoms with Crippen molar-refractivity contribution >= 4 is 16.1 Å². The van der Waals surface area contributed by atoms with Gasteiger partial charge in [-0.05, 0) is 38.3 Å². The highest BCUT2D eigenvalue weighted by atomic mass is 32.2. The molecule has 1 saturated heterocycles. The van der Waals surface area contributed by atoms with Gasteiger partial charge in [0, 0.05) is 6.54 Å². The van der Waals surface area contributed by atoms with Crippen LogP contribution < -0.4 is 0 Å². The molecule has 116 valence electrons. The average Bonchev–Trinajstić information content (AvgIpc) is 2.86. The Kier molecular flexibility index (Phi) is 4.97. The van der Waals surface area contributed by atoms with Crippen molar-refractivity contribution in [1.82, 2.24) is 5.06 Å². The fourth-order valence-electron chi connectivity index (χ4n) is 2.31. The average molecular weight is 313 g/mol. The van der Waals surface area contributed by atoms with E-state index in [9.17, 15) is 13.2 Å². The quantitative estimate of drug-likeness (QED) is 0.770. The lowest BCUT2D eigenvalue weighted by Gasteiger charge is -2.21. The smallest absolute Gasteiger partial charge is 0.325 e. The van der Waals surface area contributed by atoms with Gasteiger partial charge in [0.15, 0.2) is 0 Å². The van der Waals surface area contributed by atoms with Crippen LogP contribution in [-0.4, -0.2) is 38.6 Å². The van der Waals surface area contributed by atoms with Gasteiger partial charge in [-0.3, -0.25) is 4.79 Å². The van der Waals surface area contributed by atoms with Crippen LogP contribution >= 0.6 is 0 Å². The molecule has 2 rings (SSSR count). The number of carbonyl (C=O) groups excluding carboxylic acids is 1. The van der Waals surface area contributed by atoms with Gasteiger partial charge in [-0.2, -0.15) is 17.8 Å². The first-order valence-electron chi connectivity index (χ1n) is 6.89. The summed E-state index contributed by atoms with van der Waals surface area (Å²) in [5, 5.41) is 1.21. The Hall–Kier alpha value is -1.44. The fourth-order valence-corrected chi connectivity index (χ4v) is 3.52. The summed E-state index contributed by atoms with van der Waals surface area (Å²) in [6.07, 6.45) is 1.22. The molecule has 7 heteroatoms. The van der Waals surface area contributed by atoms with Gasteiger partial charge in [-0.25, -0.2) is 0 Å². The molecule has 0 aliphatic carbocycles. The lowest BCUT2D eigenvalue weighted by molar-refractivity contribution is -0.160. The van der Waals surface area contributed by atoms with Crippen LogP contribution in [0.1, 0.15) is 25.3 Å². The van der Waals surface area contributed by atoms with Crippen LogP contribution in [0.4, 0.5) is 0 Å². The van der Waals surface area contributed by atoms with Gasteiger partial charge in [0.2, 0.25) is 0 Å². The standard InChI is InChI=1S/C14H19NO5S/c1-3-19-14(16)12-8-6-10-15(12)20-21(17,18)13-9-5-4-7-11(13)2/h4-5,7,9,12H,3,6,8,10H2,1-2H3/t12-/m1/s1. The van der Waals surface area contributed by atoms with Crippen LogP contribution in [0.5, 0.6) is 0 Å². The second-order valence-corrected chi connectivity index (χ2v) is 6.34. The summed E-state index contributed by atoms with van der Waals surface area (Å²) >= 11 is 0. The van der Waals surface area contributed by atoms with Crippen LogP contribution in [0.3, 0.4) is 0 Å². The summed E-state index contributed by atoms with van der Waals surface area (Å²) in [7, 11) is -3.94. The van der Waals surface area contributed by atoms with E-state index in [1.165, 1.54) is 11.1 Å². The SMILES string of the molecule is CCOC(=O)[C@H]1CCCN1OS(=O)(=O)c1ccccc1C. The van der Waals surface area contributed by atoms with Gasteiger partial charge in [0.1, 0.15) is 6.04 Å². The zero-order chi connectivity index (χ0) is 15.5. The third-order valence-corrected chi connectivity index (χ3v) is 4.70. The van der Waals surface area contributed by atoms with Crippen molar-refractivity contribution < 1.29 is 22.2 Å². The lowest BCUT2D eigenvalue weighted by atomic mass is 10.2. The first-order valence-corrected chi connectivity index (χ1v) is 8.30. The number of hydrogen-bond donors (Lipinski definition) is 0. The molecule has 0 spiro atoms. The Bertz CT molecular complexity index is 614. The number of carbonyl (C=O) groups is 1. The first-order chi connectivity index (χ1) is 9.95. The van der Waals surface area contributed by atoms with Crippen LogP contribution in [0.25, 0.3) is 0 Å². The van der Waals surface area contributed by atoms with Crippen molar-refractivity contribution in [1.29, 1.82) is 0 Å². The van der Waals surface area contributed by atoms with Crippen molar-refractivity contribution in [2.45, 2.75) is 37.6 Å². The molecule has 1 fully saturated rings. The molecule has 0 radical (unpaired) electrons. The third kappa shape index (κ3) is 3.61. The molecule has 0 unspecified atom stereocenters. The molecule has 1 aromatic rings. The minimum Gasteiger partial charge on any atom is -0.465 e. The summed E-state index contributed by atoms with van der Waals surface area (Å²) in [5.74, 6) is -0.449. The summed E-state index contributed by atoms with van der Waals surface area (Å²) in [4.78, 5) is 11.9. The van der Waals surface area contributed by atoms with E-state index in [2.05, 4.69) is 0 Å². The molecule has 0 N–H and O–H groups in total. The van der Waals surface area contributed by atoms with Crippen molar-refractivity contribution in [2.75, 3.05) is 13.2 Å². The molecule has 0 bridgehead atoms. The normalized spacial score (nSPS) is 19.6. The zero-order valence-corrected chi connectivity index (χ0v) is 12.9. The van der Waals surface area contributed by atoms with Gasteiger partial charge in [0.25, 0.3) is 0 Å². The van der Waals surface area contributed by atoms with E-state index >= 15 is 0 Å². The van der Waals surface area contributed by atoms with Crippen molar-refractivity contribution in [3.05, 3.63) is 29.8 Å². The summed E-state index contributed by atoms with van der Waals surface area (Å²) < 4.78 is 34.7. The Morgan fingerprint density at radius 3 is 2.76 bits per heavy atom. The maximum Gasteiger partial charge on any atom is 0.325 e. The van der Waals surface area contributed by atoms with Crippen molar-refractivity contribution in [3.8, 4) is 0 Å². The van der Waals surface area contributed by atoms with E-state index in [1.54, 1.807) is 32.0 Å². The topological polar surface area (TPSA) is 72.9 Å². The van der Waals surface area contributed by atoms with Gasteiger partial charge >= 0.3 is 16.1 Å². The van der Waals surface area contributed by atoms with E-state index < -0.39 is 22.1 Å². The number of aryl methyl sites for hydroxylation is 1. The largest absolute Gasteiger partial charge is 0.465 e. The first kappa shape index (κ1) is 15.9. The second-order valence-electron chi connectivity index (χ2n) is 4.84. The van der Waals surface area contributed by atoms with Crippen LogP contribution in [0, 0.1) is 6.92 Å². The summed E-state index contributed by atoms with van der Waals surface area (Å²) in [6, 6.07) is 5.91. The van der Waals surface area contributed by atoms with Crippen molar-refractivity contribution in [3.63, 3.8) is 0 Å². The van der Waals surface area contributed by atoms with E-state index in [0.29, 0.717) is 24.9 Å². The third-order valence-electron chi connectivity index (χ3n) is 3.32. The van der Waals surface area contributed by atoms with Gasteiger partial charge in [-0.1, -0.05) is 18.2 Å². The second kappa shape index (κ2) is 6.55. The molecule has 6 nitrogen and oxygen atoms in total. The van der Waals surface area contributed by atoms with E-state index in [1.807, 2.05) is 0 Å². The zero-order valence-electron chi connectivity index (χ0n) is 12.1. The molecule has 0 saturated carbocycles. The number of hydroxylamine groups is 2. The fraction of sp³-hybridized carbons (Fsp3) is 0.500. The van der Waals surface area contributed by atoms with Crippen LogP contribution in [0.2, 0.25) is 0 Å². The van der Waals surface area contributed by atoms with E-state index in [4.69, 9.17) is 9.02 Å². The predicted octanol–water partition coefficient (Wildman–Crippen LogP) is 1.64. The molecule has 21 heavy (non-hydrogen) atoms.